The quantitative estimate of drug-likeness (QED) is 0.887. The van der Waals surface area contributed by atoms with E-state index in [1.54, 1.807) is 0 Å². The Morgan fingerprint density at radius 1 is 1.50 bits per heavy atom. The molecule has 1 N–H and O–H groups in total. The van der Waals surface area contributed by atoms with Crippen LogP contribution in [0, 0.1) is 5.92 Å². The molecule has 0 amide bonds. The minimum Gasteiger partial charge on any atom is -0.356 e. The average molecular weight is 247 g/mol. The van der Waals surface area contributed by atoms with Crippen LogP contribution in [0.15, 0.2) is 18.3 Å². The fourth-order valence-electron chi connectivity index (χ4n) is 2.46. The van der Waals surface area contributed by atoms with E-state index in [4.69, 9.17) is 0 Å². The van der Waals surface area contributed by atoms with Crippen LogP contribution in [0.1, 0.15) is 39.2 Å². The van der Waals surface area contributed by atoms with Crippen LogP contribution in [0.2, 0.25) is 0 Å². The van der Waals surface area contributed by atoms with Crippen molar-refractivity contribution in [2.24, 2.45) is 5.92 Å². The average Bonchev–Trinajstić information content (AvgIpc) is 2.37. The Balaban J connectivity index is 2.02. The SMILES string of the molecule is CC1CCCN(c2cc(CNC(C)C)ccn2)C1. The molecule has 0 aliphatic carbocycles. The topological polar surface area (TPSA) is 28.2 Å². The summed E-state index contributed by atoms with van der Waals surface area (Å²) in [6.45, 7) is 9.90. The summed E-state index contributed by atoms with van der Waals surface area (Å²) in [4.78, 5) is 6.95. The Bertz CT molecular complexity index is 376. The van der Waals surface area contributed by atoms with E-state index in [0.29, 0.717) is 6.04 Å². The minimum atomic E-state index is 0.525. The van der Waals surface area contributed by atoms with E-state index in [2.05, 4.69) is 48.1 Å². The fourth-order valence-corrected chi connectivity index (χ4v) is 2.46. The molecule has 0 radical (unpaired) electrons. The van der Waals surface area contributed by atoms with E-state index in [9.17, 15) is 0 Å². The molecule has 1 atom stereocenters. The smallest absolute Gasteiger partial charge is 0.128 e. The van der Waals surface area contributed by atoms with Crippen LogP contribution in [-0.4, -0.2) is 24.1 Å². The molecule has 1 fully saturated rings. The third-order valence-electron chi connectivity index (χ3n) is 3.51. The van der Waals surface area contributed by atoms with Gasteiger partial charge in [-0.25, -0.2) is 4.98 Å². The van der Waals surface area contributed by atoms with Gasteiger partial charge in [0.25, 0.3) is 0 Å². The van der Waals surface area contributed by atoms with Gasteiger partial charge in [0, 0.05) is 31.9 Å². The van der Waals surface area contributed by atoms with Gasteiger partial charge in [-0.3, -0.25) is 0 Å². The maximum absolute atomic E-state index is 4.52. The molecule has 1 aliphatic rings. The van der Waals surface area contributed by atoms with Crippen LogP contribution in [-0.2, 0) is 6.54 Å². The lowest BCUT2D eigenvalue weighted by atomic mass is 10.0. The summed E-state index contributed by atoms with van der Waals surface area (Å²) in [6, 6.07) is 4.86. The Morgan fingerprint density at radius 2 is 2.33 bits per heavy atom. The van der Waals surface area contributed by atoms with Crippen LogP contribution in [0.3, 0.4) is 0 Å². The summed E-state index contributed by atoms with van der Waals surface area (Å²) in [5, 5.41) is 3.45. The molecule has 0 spiro atoms. The summed E-state index contributed by atoms with van der Waals surface area (Å²) in [5.74, 6) is 1.93. The van der Waals surface area contributed by atoms with Crippen molar-refractivity contribution in [3.8, 4) is 0 Å². The number of aromatic nitrogens is 1. The van der Waals surface area contributed by atoms with Gasteiger partial charge in [-0.05, 0) is 36.5 Å². The molecule has 3 nitrogen and oxygen atoms in total. The molecule has 2 heterocycles. The maximum Gasteiger partial charge on any atom is 0.128 e. The lowest BCUT2D eigenvalue weighted by molar-refractivity contribution is 0.444. The summed E-state index contributed by atoms with van der Waals surface area (Å²) >= 11 is 0. The first kappa shape index (κ1) is 13.3. The van der Waals surface area contributed by atoms with Gasteiger partial charge in [0.2, 0.25) is 0 Å². The predicted octanol–water partition coefficient (Wildman–Crippen LogP) is 2.82. The number of hydrogen-bond donors (Lipinski definition) is 1. The largest absolute Gasteiger partial charge is 0.356 e. The molecular formula is C15H25N3. The monoisotopic (exact) mass is 247 g/mol. The van der Waals surface area contributed by atoms with Crippen molar-refractivity contribution in [1.29, 1.82) is 0 Å². The number of nitrogens with zero attached hydrogens (tertiary/aromatic N) is 2. The Morgan fingerprint density at radius 3 is 3.06 bits per heavy atom. The zero-order valence-corrected chi connectivity index (χ0v) is 11.8. The number of rotatable bonds is 4. The van der Waals surface area contributed by atoms with E-state index < -0.39 is 0 Å². The standard InChI is InChI=1S/C15H25N3/c1-12(2)17-10-14-6-7-16-15(9-14)18-8-4-5-13(3)11-18/h6-7,9,12-13,17H,4-5,8,10-11H2,1-3H3. The Hall–Kier alpha value is -1.09. The van der Waals surface area contributed by atoms with Crippen molar-refractivity contribution in [3.63, 3.8) is 0 Å². The highest BCUT2D eigenvalue weighted by Crippen LogP contribution is 2.21. The zero-order chi connectivity index (χ0) is 13.0. The zero-order valence-electron chi connectivity index (χ0n) is 11.8. The second kappa shape index (κ2) is 6.19. The number of pyridine rings is 1. The van der Waals surface area contributed by atoms with Crippen LogP contribution in [0.5, 0.6) is 0 Å². The first-order chi connectivity index (χ1) is 8.65. The van der Waals surface area contributed by atoms with E-state index in [-0.39, 0.29) is 0 Å². The summed E-state index contributed by atoms with van der Waals surface area (Å²) in [5.41, 5.74) is 1.33. The van der Waals surface area contributed by atoms with Gasteiger partial charge in [-0.15, -0.1) is 0 Å². The number of anilines is 1. The van der Waals surface area contributed by atoms with Crippen LogP contribution in [0.25, 0.3) is 0 Å². The van der Waals surface area contributed by atoms with Crippen LogP contribution in [0.4, 0.5) is 5.82 Å². The highest BCUT2D eigenvalue weighted by Gasteiger charge is 2.17. The first-order valence-electron chi connectivity index (χ1n) is 7.08. The fraction of sp³-hybridized carbons (Fsp3) is 0.667. The van der Waals surface area contributed by atoms with Crippen molar-refractivity contribution < 1.29 is 0 Å². The van der Waals surface area contributed by atoms with Gasteiger partial charge in [-0.1, -0.05) is 20.8 Å². The first-order valence-corrected chi connectivity index (χ1v) is 7.08. The van der Waals surface area contributed by atoms with Gasteiger partial charge >= 0.3 is 0 Å². The summed E-state index contributed by atoms with van der Waals surface area (Å²) < 4.78 is 0. The highest BCUT2D eigenvalue weighted by molar-refractivity contribution is 5.41. The van der Waals surface area contributed by atoms with Gasteiger partial charge in [-0.2, -0.15) is 0 Å². The molecule has 100 valence electrons. The third-order valence-corrected chi connectivity index (χ3v) is 3.51. The van der Waals surface area contributed by atoms with Gasteiger partial charge in [0.15, 0.2) is 0 Å². The maximum atomic E-state index is 4.52. The second-order valence-electron chi connectivity index (χ2n) is 5.75. The number of nitrogens with one attached hydrogen (secondary N) is 1. The predicted molar refractivity (Wildman–Crippen MR) is 76.8 cm³/mol. The van der Waals surface area contributed by atoms with E-state index >= 15 is 0 Å². The lowest BCUT2D eigenvalue weighted by Gasteiger charge is -2.32. The van der Waals surface area contributed by atoms with E-state index in [0.717, 1.165) is 31.4 Å². The van der Waals surface area contributed by atoms with Crippen molar-refractivity contribution in [3.05, 3.63) is 23.9 Å². The lowest BCUT2D eigenvalue weighted by Crippen LogP contribution is -2.34. The molecule has 1 unspecified atom stereocenters. The van der Waals surface area contributed by atoms with Crippen molar-refractivity contribution in [1.82, 2.24) is 10.3 Å². The molecule has 1 saturated heterocycles. The van der Waals surface area contributed by atoms with Crippen molar-refractivity contribution >= 4 is 5.82 Å². The van der Waals surface area contributed by atoms with Gasteiger partial charge in [0.1, 0.15) is 5.82 Å². The molecule has 1 aromatic rings. The molecule has 1 aromatic heterocycles. The van der Waals surface area contributed by atoms with Crippen LogP contribution < -0.4 is 10.2 Å². The normalized spacial score (nSPS) is 20.4. The van der Waals surface area contributed by atoms with E-state index in [1.165, 1.54) is 18.4 Å². The molecule has 0 aromatic carbocycles. The van der Waals surface area contributed by atoms with Gasteiger partial charge < -0.3 is 10.2 Å². The molecule has 0 saturated carbocycles. The Kier molecular flexibility index (Phi) is 4.59. The molecule has 0 bridgehead atoms. The van der Waals surface area contributed by atoms with Crippen molar-refractivity contribution in [2.45, 2.75) is 46.2 Å². The summed E-state index contributed by atoms with van der Waals surface area (Å²) in [7, 11) is 0. The molecular weight excluding hydrogens is 222 g/mol. The van der Waals surface area contributed by atoms with Gasteiger partial charge in [0.05, 0.1) is 0 Å². The molecule has 18 heavy (non-hydrogen) atoms. The number of piperidine rings is 1. The molecule has 2 rings (SSSR count). The molecule has 1 aliphatic heterocycles. The van der Waals surface area contributed by atoms with Crippen molar-refractivity contribution in [2.75, 3.05) is 18.0 Å². The highest BCUT2D eigenvalue weighted by atomic mass is 15.2. The van der Waals surface area contributed by atoms with E-state index in [1.807, 2.05) is 6.20 Å². The minimum absolute atomic E-state index is 0.525. The third kappa shape index (κ3) is 3.70. The number of hydrogen-bond acceptors (Lipinski definition) is 3. The van der Waals surface area contributed by atoms with Crippen LogP contribution >= 0.6 is 0 Å². The summed E-state index contributed by atoms with van der Waals surface area (Å²) in [6.07, 6.45) is 4.58. The second-order valence-corrected chi connectivity index (χ2v) is 5.75. The molecule has 3 heteroatoms. The Labute approximate surface area is 111 Å².